The minimum absolute atomic E-state index is 0.0174. The number of amides is 1. The van der Waals surface area contributed by atoms with E-state index in [0.717, 1.165) is 12.8 Å². The summed E-state index contributed by atoms with van der Waals surface area (Å²) in [6, 6.07) is 0. The number of allylic oxidation sites excluding steroid dienone is 2. The highest BCUT2D eigenvalue weighted by molar-refractivity contribution is 5.83. The van der Waals surface area contributed by atoms with Gasteiger partial charge in [-0.3, -0.25) is 9.59 Å². The molecule has 29 heavy (non-hydrogen) atoms. The van der Waals surface area contributed by atoms with Crippen LogP contribution in [-0.2, 0) is 9.59 Å². The van der Waals surface area contributed by atoms with E-state index in [0.29, 0.717) is 19.5 Å². The molecule has 0 radical (unpaired) electrons. The van der Waals surface area contributed by atoms with E-state index in [2.05, 4.69) is 19.1 Å². The van der Waals surface area contributed by atoms with Gasteiger partial charge >= 0.3 is 5.97 Å². The van der Waals surface area contributed by atoms with Crippen LogP contribution in [0.4, 0.5) is 0 Å². The van der Waals surface area contributed by atoms with Crippen LogP contribution in [0.5, 0.6) is 0 Å². The van der Waals surface area contributed by atoms with Crippen LogP contribution in [0.15, 0.2) is 12.2 Å². The quantitative estimate of drug-likeness (QED) is 0.174. The summed E-state index contributed by atoms with van der Waals surface area (Å²) in [4.78, 5) is 25.3. The maximum Gasteiger partial charge on any atom is 0.304 e. The van der Waals surface area contributed by atoms with Crippen molar-refractivity contribution in [1.82, 2.24) is 4.90 Å². The Balaban J connectivity index is 3.78. The molecule has 0 aliphatic carbocycles. The minimum Gasteiger partial charge on any atom is -0.481 e. The second kappa shape index (κ2) is 20.0. The van der Waals surface area contributed by atoms with E-state index < -0.39 is 11.9 Å². The van der Waals surface area contributed by atoms with Gasteiger partial charge in [0, 0.05) is 19.0 Å². The molecule has 0 aliphatic rings. The van der Waals surface area contributed by atoms with Crippen molar-refractivity contribution >= 4 is 11.9 Å². The van der Waals surface area contributed by atoms with Crippen molar-refractivity contribution in [3.63, 3.8) is 0 Å². The van der Waals surface area contributed by atoms with E-state index in [-0.39, 0.29) is 12.3 Å². The van der Waals surface area contributed by atoms with Gasteiger partial charge < -0.3 is 10.0 Å². The maximum atomic E-state index is 12.5. The van der Waals surface area contributed by atoms with Crippen LogP contribution >= 0.6 is 0 Å². The minimum atomic E-state index is -0.888. The lowest BCUT2D eigenvalue weighted by Crippen LogP contribution is -2.36. The predicted octanol–water partition coefficient (Wildman–Crippen LogP) is 6.98. The third-order valence-electron chi connectivity index (χ3n) is 5.67. The number of carbonyl (C=O) groups excluding carboxylic acids is 1. The molecule has 170 valence electrons. The summed E-state index contributed by atoms with van der Waals surface area (Å²) in [5, 5.41) is 9.10. The normalized spacial score (nSPS) is 12.4. The lowest BCUT2D eigenvalue weighted by atomic mass is 9.97. The number of carbonyl (C=O) groups is 2. The predicted molar refractivity (Wildman–Crippen MR) is 123 cm³/mol. The van der Waals surface area contributed by atoms with Crippen molar-refractivity contribution in [2.75, 3.05) is 13.1 Å². The van der Waals surface area contributed by atoms with Crippen molar-refractivity contribution in [2.45, 2.75) is 117 Å². The van der Waals surface area contributed by atoms with Crippen LogP contribution in [0.2, 0.25) is 0 Å². The van der Waals surface area contributed by atoms with Crippen molar-refractivity contribution < 1.29 is 14.7 Å². The Labute approximate surface area is 180 Å². The number of carboxylic acid groups (broad SMARTS) is 1. The summed E-state index contributed by atoms with van der Waals surface area (Å²) >= 11 is 0. The zero-order valence-corrected chi connectivity index (χ0v) is 19.5. The fraction of sp³-hybridized carbons (Fsp3) is 0.840. The molecule has 0 saturated heterocycles. The lowest BCUT2D eigenvalue weighted by Gasteiger charge is -2.24. The summed E-state index contributed by atoms with van der Waals surface area (Å²) in [5.41, 5.74) is 0. The lowest BCUT2D eigenvalue weighted by molar-refractivity contribution is -0.144. The van der Waals surface area contributed by atoms with Gasteiger partial charge in [-0.15, -0.1) is 0 Å². The van der Waals surface area contributed by atoms with Gasteiger partial charge in [0.25, 0.3) is 0 Å². The average molecular weight is 410 g/mol. The Morgan fingerprint density at radius 3 is 1.72 bits per heavy atom. The van der Waals surface area contributed by atoms with Crippen LogP contribution in [0, 0.1) is 5.92 Å². The fourth-order valence-electron chi connectivity index (χ4n) is 3.78. The SMILES string of the molecule is CCCCCCCCCCCCC/C=C/CCC(CC(=O)O)C(=O)N(CC)CC. The second-order valence-electron chi connectivity index (χ2n) is 8.18. The molecule has 4 heteroatoms. The number of unbranched alkanes of at least 4 members (excludes halogenated alkanes) is 11. The Hall–Kier alpha value is -1.32. The number of carboxylic acids is 1. The van der Waals surface area contributed by atoms with Gasteiger partial charge in [0.2, 0.25) is 5.91 Å². The summed E-state index contributed by atoms with van der Waals surface area (Å²) in [7, 11) is 0. The Morgan fingerprint density at radius 1 is 0.759 bits per heavy atom. The second-order valence-corrected chi connectivity index (χ2v) is 8.18. The van der Waals surface area contributed by atoms with Crippen molar-refractivity contribution in [2.24, 2.45) is 5.92 Å². The fourth-order valence-corrected chi connectivity index (χ4v) is 3.78. The highest BCUT2D eigenvalue weighted by Crippen LogP contribution is 2.16. The molecule has 0 aromatic heterocycles. The van der Waals surface area contributed by atoms with Crippen molar-refractivity contribution in [3.8, 4) is 0 Å². The molecule has 4 nitrogen and oxygen atoms in total. The van der Waals surface area contributed by atoms with Crippen LogP contribution < -0.4 is 0 Å². The summed E-state index contributed by atoms with van der Waals surface area (Å²) < 4.78 is 0. The van der Waals surface area contributed by atoms with Crippen molar-refractivity contribution in [3.05, 3.63) is 12.2 Å². The van der Waals surface area contributed by atoms with Gasteiger partial charge in [-0.1, -0.05) is 83.3 Å². The molecule has 0 spiro atoms. The van der Waals surface area contributed by atoms with Gasteiger partial charge in [-0.2, -0.15) is 0 Å². The topological polar surface area (TPSA) is 57.6 Å². The molecule has 0 heterocycles. The van der Waals surface area contributed by atoms with Gasteiger partial charge in [0.05, 0.1) is 6.42 Å². The Morgan fingerprint density at radius 2 is 1.24 bits per heavy atom. The molecule has 0 rings (SSSR count). The number of rotatable bonds is 20. The van der Waals surface area contributed by atoms with Gasteiger partial charge in [-0.05, 0) is 39.5 Å². The zero-order valence-electron chi connectivity index (χ0n) is 19.5. The number of hydrogen-bond donors (Lipinski definition) is 1. The molecular formula is C25H47NO3. The molecule has 0 aromatic carbocycles. The largest absolute Gasteiger partial charge is 0.481 e. The highest BCUT2D eigenvalue weighted by atomic mass is 16.4. The molecule has 1 amide bonds. The first kappa shape index (κ1) is 27.7. The molecule has 1 unspecified atom stereocenters. The number of nitrogens with zero attached hydrogens (tertiary/aromatic N) is 1. The third kappa shape index (κ3) is 16.2. The highest BCUT2D eigenvalue weighted by Gasteiger charge is 2.24. The van der Waals surface area contributed by atoms with E-state index in [1.54, 1.807) is 4.90 Å². The third-order valence-corrected chi connectivity index (χ3v) is 5.67. The monoisotopic (exact) mass is 409 g/mol. The van der Waals surface area contributed by atoms with E-state index in [1.807, 2.05) is 13.8 Å². The zero-order chi connectivity index (χ0) is 21.7. The Kier molecular flexibility index (Phi) is 19.1. The first-order chi connectivity index (χ1) is 14.1. The summed E-state index contributed by atoms with van der Waals surface area (Å²) in [6.07, 6.45) is 21.7. The van der Waals surface area contributed by atoms with Crippen LogP contribution in [0.1, 0.15) is 117 Å². The molecule has 0 aromatic rings. The first-order valence-electron chi connectivity index (χ1n) is 12.2. The molecular weight excluding hydrogens is 362 g/mol. The van der Waals surface area contributed by atoms with E-state index in [9.17, 15) is 9.59 Å². The van der Waals surface area contributed by atoms with Gasteiger partial charge in [-0.25, -0.2) is 0 Å². The van der Waals surface area contributed by atoms with E-state index in [4.69, 9.17) is 5.11 Å². The molecule has 0 bridgehead atoms. The molecule has 0 aliphatic heterocycles. The van der Waals surface area contributed by atoms with Crippen LogP contribution in [0.25, 0.3) is 0 Å². The Bertz CT molecular complexity index is 430. The standard InChI is InChI=1S/C25H47NO3/c1-4-7-8-9-10-11-12-13-14-15-16-17-18-19-20-21-23(22-24(27)28)25(29)26(5-2)6-3/h18-19,23H,4-17,20-22H2,1-3H3,(H,27,28)/b19-18+. The molecule has 1 N–H and O–H groups in total. The van der Waals surface area contributed by atoms with Gasteiger partial charge in [0.1, 0.15) is 0 Å². The first-order valence-corrected chi connectivity index (χ1v) is 12.2. The van der Waals surface area contributed by atoms with Gasteiger partial charge in [0.15, 0.2) is 0 Å². The molecule has 0 saturated carbocycles. The smallest absolute Gasteiger partial charge is 0.304 e. The molecule has 1 atom stereocenters. The van der Waals surface area contributed by atoms with E-state index in [1.165, 1.54) is 70.6 Å². The van der Waals surface area contributed by atoms with Crippen LogP contribution in [0.3, 0.4) is 0 Å². The van der Waals surface area contributed by atoms with E-state index >= 15 is 0 Å². The summed E-state index contributed by atoms with van der Waals surface area (Å²) in [6.45, 7) is 7.42. The van der Waals surface area contributed by atoms with Crippen molar-refractivity contribution in [1.29, 1.82) is 0 Å². The number of aliphatic carboxylic acids is 1. The molecule has 0 fully saturated rings. The van der Waals surface area contributed by atoms with Crippen LogP contribution in [-0.4, -0.2) is 35.0 Å². The number of hydrogen-bond acceptors (Lipinski definition) is 2. The average Bonchev–Trinajstić information content (AvgIpc) is 2.70. The summed E-state index contributed by atoms with van der Waals surface area (Å²) in [5.74, 6) is -1.31. The maximum absolute atomic E-state index is 12.5.